The van der Waals surface area contributed by atoms with Crippen LogP contribution in [0.15, 0.2) is 28.7 Å². The van der Waals surface area contributed by atoms with E-state index in [1.165, 1.54) is 0 Å². The normalized spacial score (nSPS) is 23.0. The number of piperidine rings is 1. The van der Waals surface area contributed by atoms with Crippen molar-refractivity contribution in [3.05, 3.63) is 28.7 Å². The van der Waals surface area contributed by atoms with Gasteiger partial charge in [-0.3, -0.25) is 9.59 Å². The van der Waals surface area contributed by atoms with Gasteiger partial charge in [-0.2, -0.15) is 0 Å². The number of amides is 1. The van der Waals surface area contributed by atoms with E-state index in [4.69, 9.17) is 4.74 Å². The first-order chi connectivity index (χ1) is 10.4. The molecule has 5 nitrogen and oxygen atoms in total. The lowest BCUT2D eigenvalue weighted by atomic mass is 9.90. The summed E-state index contributed by atoms with van der Waals surface area (Å²) in [5, 5.41) is 9.19. The first-order valence-electron chi connectivity index (χ1n) is 7.30. The van der Waals surface area contributed by atoms with Crippen LogP contribution in [0.3, 0.4) is 0 Å². The van der Waals surface area contributed by atoms with Gasteiger partial charge in [0.1, 0.15) is 5.75 Å². The zero-order valence-electron chi connectivity index (χ0n) is 12.7. The fourth-order valence-corrected chi connectivity index (χ4v) is 3.14. The minimum Gasteiger partial charge on any atom is -0.481 e. The molecule has 0 saturated carbocycles. The molecule has 0 bridgehead atoms. The number of carbonyl (C=O) groups is 2. The number of hydrogen-bond acceptors (Lipinski definition) is 3. The number of aliphatic carboxylic acids is 1. The minimum absolute atomic E-state index is 0.169. The lowest BCUT2D eigenvalue weighted by molar-refractivity contribution is -0.149. The fraction of sp³-hybridized carbons (Fsp3) is 0.500. The second-order valence-electron chi connectivity index (χ2n) is 5.84. The van der Waals surface area contributed by atoms with E-state index in [1.54, 1.807) is 24.0 Å². The van der Waals surface area contributed by atoms with Crippen molar-refractivity contribution < 1.29 is 19.4 Å². The predicted molar refractivity (Wildman–Crippen MR) is 85.7 cm³/mol. The molecule has 0 aromatic heterocycles. The van der Waals surface area contributed by atoms with Gasteiger partial charge in [0.2, 0.25) is 0 Å². The minimum atomic E-state index is -0.843. The summed E-state index contributed by atoms with van der Waals surface area (Å²) in [6.45, 7) is 4.49. The summed E-state index contributed by atoms with van der Waals surface area (Å²) >= 11 is 3.36. The van der Waals surface area contributed by atoms with Gasteiger partial charge in [-0.15, -0.1) is 0 Å². The molecule has 0 spiro atoms. The maximum absolute atomic E-state index is 12.5. The second kappa shape index (κ2) is 7.13. The number of carboxylic acid groups (broad SMARTS) is 1. The standard InChI is InChI=1S/C16H20BrNO4/c1-10-6-12(16(20)21)9-18(8-10)15(19)11(2)22-14-5-3-4-13(17)7-14/h3-5,7,10-12H,6,8-9H2,1-2H3,(H,20,21). The zero-order chi connectivity index (χ0) is 16.3. The maximum Gasteiger partial charge on any atom is 0.308 e. The molecule has 120 valence electrons. The van der Waals surface area contributed by atoms with Crippen LogP contribution in [0.5, 0.6) is 5.75 Å². The highest BCUT2D eigenvalue weighted by Crippen LogP contribution is 2.24. The van der Waals surface area contributed by atoms with E-state index in [-0.39, 0.29) is 18.4 Å². The lowest BCUT2D eigenvalue weighted by Gasteiger charge is -2.36. The average molecular weight is 370 g/mol. The van der Waals surface area contributed by atoms with E-state index in [1.807, 2.05) is 19.1 Å². The van der Waals surface area contributed by atoms with Gasteiger partial charge in [0.25, 0.3) is 5.91 Å². The number of rotatable bonds is 4. The summed E-state index contributed by atoms with van der Waals surface area (Å²) in [5.41, 5.74) is 0. The maximum atomic E-state index is 12.5. The summed E-state index contributed by atoms with van der Waals surface area (Å²) < 4.78 is 6.55. The number of benzene rings is 1. The van der Waals surface area contributed by atoms with E-state index >= 15 is 0 Å². The van der Waals surface area contributed by atoms with Crippen LogP contribution >= 0.6 is 15.9 Å². The second-order valence-corrected chi connectivity index (χ2v) is 6.75. The Labute approximate surface area is 138 Å². The van der Waals surface area contributed by atoms with Crippen molar-refractivity contribution in [2.24, 2.45) is 11.8 Å². The van der Waals surface area contributed by atoms with Gasteiger partial charge in [0.15, 0.2) is 6.10 Å². The first-order valence-corrected chi connectivity index (χ1v) is 8.10. The Kier molecular flexibility index (Phi) is 5.45. The third-order valence-electron chi connectivity index (χ3n) is 3.78. The Morgan fingerprint density at radius 1 is 1.41 bits per heavy atom. The van der Waals surface area contributed by atoms with Gasteiger partial charge in [-0.05, 0) is 37.5 Å². The smallest absolute Gasteiger partial charge is 0.308 e. The van der Waals surface area contributed by atoms with E-state index in [0.717, 1.165) is 4.47 Å². The number of carbonyl (C=O) groups excluding carboxylic acids is 1. The Bertz CT molecular complexity index is 563. The Hall–Kier alpha value is -1.56. The number of likely N-dealkylation sites (tertiary alicyclic amines) is 1. The SMILES string of the molecule is CC1CC(C(=O)O)CN(C(=O)C(C)Oc2cccc(Br)c2)C1. The molecular formula is C16H20BrNO4. The van der Waals surface area contributed by atoms with Gasteiger partial charge >= 0.3 is 5.97 Å². The summed E-state index contributed by atoms with van der Waals surface area (Å²) in [4.78, 5) is 25.3. The Balaban J connectivity index is 2.01. The van der Waals surface area contributed by atoms with Crippen LogP contribution in [0.4, 0.5) is 0 Å². The third kappa shape index (κ3) is 4.22. The van der Waals surface area contributed by atoms with Crippen LogP contribution in [0.2, 0.25) is 0 Å². The molecule has 1 fully saturated rings. The topological polar surface area (TPSA) is 66.8 Å². The van der Waals surface area contributed by atoms with Crippen LogP contribution in [0.1, 0.15) is 20.3 Å². The fourth-order valence-electron chi connectivity index (χ4n) is 2.76. The van der Waals surface area contributed by atoms with Crippen molar-refractivity contribution in [3.8, 4) is 5.75 Å². The van der Waals surface area contributed by atoms with Crippen LogP contribution in [0.25, 0.3) is 0 Å². The molecule has 3 atom stereocenters. The number of halogens is 1. The quantitative estimate of drug-likeness (QED) is 0.885. The van der Waals surface area contributed by atoms with Crippen molar-refractivity contribution in [3.63, 3.8) is 0 Å². The largest absolute Gasteiger partial charge is 0.481 e. The number of nitrogens with zero attached hydrogens (tertiary/aromatic N) is 1. The van der Waals surface area contributed by atoms with Crippen molar-refractivity contribution >= 4 is 27.8 Å². The number of ether oxygens (including phenoxy) is 1. The predicted octanol–water partition coefficient (Wildman–Crippen LogP) is 2.79. The van der Waals surface area contributed by atoms with Gasteiger partial charge in [-0.1, -0.05) is 28.9 Å². The summed E-state index contributed by atoms with van der Waals surface area (Å²) in [6.07, 6.45) is -0.0333. The number of carboxylic acids is 1. The van der Waals surface area contributed by atoms with Crippen molar-refractivity contribution in [2.75, 3.05) is 13.1 Å². The van der Waals surface area contributed by atoms with E-state index in [0.29, 0.717) is 18.7 Å². The lowest BCUT2D eigenvalue weighted by Crippen LogP contribution is -2.49. The molecule has 2 rings (SSSR count). The van der Waals surface area contributed by atoms with E-state index in [2.05, 4.69) is 15.9 Å². The zero-order valence-corrected chi connectivity index (χ0v) is 14.2. The monoisotopic (exact) mass is 369 g/mol. The van der Waals surface area contributed by atoms with E-state index in [9.17, 15) is 14.7 Å². The molecule has 0 radical (unpaired) electrons. The molecule has 1 aromatic rings. The highest BCUT2D eigenvalue weighted by Gasteiger charge is 2.34. The van der Waals surface area contributed by atoms with Crippen LogP contribution in [-0.2, 0) is 9.59 Å². The van der Waals surface area contributed by atoms with Gasteiger partial charge < -0.3 is 14.7 Å². The molecular weight excluding hydrogens is 350 g/mol. The van der Waals surface area contributed by atoms with Crippen molar-refractivity contribution in [1.82, 2.24) is 4.90 Å². The molecule has 0 aliphatic carbocycles. The van der Waals surface area contributed by atoms with Gasteiger partial charge in [0, 0.05) is 17.6 Å². The molecule has 22 heavy (non-hydrogen) atoms. The molecule has 1 aromatic carbocycles. The average Bonchev–Trinajstić information content (AvgIpc) is 2.45. The Morgan fingerprint density at radius 2 is 2.14 bits per heavy atom. The summed E-state index contributed by atoms with van der Waals surface area (Å²) in [6, 6.07) is 7.29. The number of hydrogen-bond donors (Lipinski definition) is 1. The molecule has 1 N–H and O–H groups in total. The molecule has 1 saturated heterocycles. The van der Waals surface area contributed by atoms with E-state index < -0.39 is 18.0 Å². The molecule has 6 heteroatoms. The highest BCUT2D eigenvalue weighted by atomic mass is 79.9. The molecule has 1 amide bonds. The molecule has 3 unspecified atom stereocenters. The first kappa shape index (κ1) is 16.8. The third-order valence-corrected chi connectivity index (χ3v) is 4.27. The van der Waals surface area contributed by atoms with Gasteiger partial charge in [0.05, 0.1) is 5.92 Å². The van der Waals surface area contributed by atoms with Crippen molar-refractivity contribution in [2.45, 2.75) is 26.4 Å². The van der Waals surface area contributed by atoms with Crippen LogP contribution in [-0.4, -0.2) is 41.1 Å². The van der Waals surface area contributed by atoms with Crippen LogP contribution in [0, 0.1) is 11.8 Å². The molecule has 1 aliphatic heterocycles. The highest BCUT2D eigenvalue weighted by molar-refractivity contribution is 9.10. The Morgan fingerprint density at radius 3 is 2.77 bits per heavy atom. The summed E-state index contributed by atoms with van der Waals surface area (Å²) in [5.74, 6) is -0.722. The summed E-state index contributed by atoms with van der Waals surface area (Å²) in [7, 11) is 0. The van der Waals surface area contributed by atoms with Crippen molar-refractivity contribution in [1.29, 1.82) is 0 Å². The molecule has 1 aliphatic rings. The molecule has 1 heterocycles. The van der Waals surface area contributed by atoms with Crippen LogP contribution < -0.4 is 4.74 Å². The van der Waals surface area contributed by atoms with Gasteiger partial charge in [-0.25, -0.2) is 0 Å².